The third kappa shape index (κ3) is 5.92. The SMILES string of the molecule is Cc1cccc(C)c1NC(=O)CN(C)C(C)C(=O)NCC(C)c1ccccc1. The Bertz CT molecular complexity index is 784. The van der Waals surface area contributed by atoms with E-state index in [4.69, 9.17) is 0 Å². The fourth-order valence-electron chi connectivity index (χ4n) is 3.06. The van der Waals surface area contributed by atoms with E-state index in [1.54, 1.807) is 11.9 Å². The Morgan fingerprint density at radius 2 is 1.57 bits per heavy atom. The Morgan fingerprint density at radius 1 is 0.964 bits per heavy atom. The monoisotopic (exact) mass is 381 g/mol. The van der Waals surface area contributed by atoms with Crippen LogP contribution in [0.15, 0.2) is 48.5 Å². The van der Waals surface area contributed by atoms with Gasteiger partial charge in [0.25, 0.3) is 0 Å². The van der Waals surface area contributed by atoms with Crippen molar-refractivity contribution in [3.8, 4) is 0 Å². The van der Waals surface area contributed by atoms with E-state index in [0.29, 0.717) is 6.54 Å². The zero-order valence-corrected chi connectivity index (χ0v) is 17.5. The van der Waals surface area contributed by atoms with Gasteiger partial charge in [0.2, 0.25) is 11.8 Å². The number of carbonyl (C=O) groups is 2. The molecule has 2 unspecified atom stereocenters. The number of hydrogen-bond acceptors (Lipinski definition) is 3. The molecule has 0 spiro atoms. The van der Waals surface area contributed by atoms with Crippen molar-refractivity contribution >= 4 is 17.5 Å². The summed E-state index contributed by atoms with van der Waals surface area (Å²) in [4.78, 5) is 26.7. The second-order valence-corrected chi connectivity index (χ2v) is 7.46. The number of carbonyl (C=O) groups excluding carboxylic acids is 2. The normalized spacial score (nSPS) is 13.1. The van der Waals surface area contributed by atoms with Crippen LogP contribution in [0.4, 0.5) is 5.69 Å². The summed E-state index contributed by atoms with van der Waals surface area (Å²) >= 11 is 0. The van der Waals surface area contributed by atoms with Crippen molar-refractivity contribution in [3.05, 3.63) is 65.2 Å². The van der Waals surface area contributed by atoms with Gasteiger partial charge in [0, 0.05) is 12.2 Å². The maximum atomic E-state index is 12.5. The average Bonchev–Trinajstić information content (AvgIpc) is 2.68. The number of hydrogen-bond donors (Lipinski definition) is 2. The van der Waals surface area contributed by atoms with Crippen LogP contribution < -0.4 is 10.6 Å². The average molecular weight is 382 g/mol. The number of amides is 2. The van der Waals surface area contributed by atoms with Gasteiger partial charge < -0.3 is 10.6 Å². The molecule has 0 bridgehead atoms. The van der Waals surface area contributed by atoms with Gasteiger partial charge in [0.05, 0.1) is 12.6 Å². The van der Waals surface area contributed by atoms with Crippen LogP contribution in [-0.2, 0) is 9.59 Å². The second kappa shape index (κ2) is 10.0. The molecule has 150 valence electrons. The largest absolute Gasteiger partial charge is 0.354 e. The van der Waals surface area contributed by atoms with Crippen molar-refractivity contribution in [1.82, 2.24) is 10.2 Å². The Hall–Kier alpha value is -2.66. The Labute approximate surface area is 168 Å². The van der Waals surface area contributed by atoms with Gasteiger partial charge in [-0.1, -0.05) is 55.5 Å². The first kappa shape index (κ1) is 21.6. The van der Waals surface area contributed by atoms with Gasteiger partial charge in [0.1, 0.15) is 0 Å². The van der Waals surface area contributed by atoms with Crippen molar-refractivity contribution < 1.29 is 9.59 Å². The number of likely N-dealkylation sites (N-methyl/N-ethyl adjacent to an activating group) is 1. The van der Waals surface area contributed by atoms with Crippen molar-refractivity contribution in [2.45, 2.75) is 39.7 Å². The molecule has 2 atom stereocenters. The molecular formula is C23H31N3O2. The van der Waals surface area contributed by atoms with Gasteiger partial charge in [-0.15, -0.1) is 0 Å². The van der Waals surface area contributed by atoms with Crippen molar-refractivity contribution in [2.75, 3.05) is 25.5 Å². The van der Waals surface area contributed by atoms with Crippen LogP contribution >= 0.6 is 0 Å². The number of rotatable bonds is 8. The summed E-state index contributed by atoms with van der Waals surface area (Å²) in [5.41, 5.74) is 4.08. The number of anilines is 1. The van der Waals surface area contributed by atoms with E-state index in [0.717, 1.165) is 16.8 Å². The smallest absolute Gasteiger partial charge is 0.238 e. The second-order valence-electron chi connectivity index (χ2n) is 7.46. The maximum absolute atomic E-state index is 12.5. The van der Waals surface area contributed by atoms with E-state index in [9.17, 15) is 9.59 Å². The highest BCUT2D eigenvalue weighted by Gasteiger charge is 2.21. The number of nitrogens with one attached hydrogen (secondary N) is 2. The zero-order valence-electron chi connectivity index (χ0n) is 17.5. The first-order valence-electron chi connectivity index (χ1n) is 9.68. The van der Waals surface area contributed by atoms with Gasteiger partial charge in [-0.05, 0) is 50.4 Å². The maximum Gasteiger partial charge on any atom is 0.238 e. The first-order valence-corrected chi connectivity index (χ1v) is 9.68. The Kier molecular flexibility index (Phi) is 7.76. The Balaban J connectivity index is 1.84. The molecule has 0 heterocycles. The van der Waals surface area contributed by atoms with E-state index in [1.165, 1.54) is 5.56 Å². The van der Waals surface area contributed by atoms with E-state index in [-0.39, 0.29) is 24.3 Å². The van der Waals surface area contributed by atoms with Gasteiger partial charge >= 0.3 is 0 Å². The van der Waals surface area contributed by atoms with Crippen molar-refractivity contribution in [2.24, 2.45) is 0 Å². The van der Waals surface area contributed by atoms with Gasteiger partial charge in [-0.25, -0.2) is 0 Å². The van der Waals surface area contributed by atoms with Crippen LogP contribution in [0.25, 0.3) is 0 Å². The van der Waals surface area contributed by atoms with E-state index in [1.807, 2.05) is 57.2 Å². The molecule has 0 aromatic heterocycles. The summed E-state index contributed by atoms with van der Waals surface area (Å²) in [6, 6.07) is 15.6. The molecule has 2 aromatic rings. The molecule has 5 nitrogen and oxygen atoms in total. The molecule has 2 amide bonds. The molecular weight excluding hydrogens is 350 g/mol. The minimum atomic E-state index is -0.397. The molecule has 2 aromatic carbocycles. The van der Waals surface area contributed by atoms with Gasteiger partial charge in [-0.3, -0.25) is 14.5 Å². The van der Waals surface area contributed by atoms with Crippen LogP contribution in [0.3, 0.4) is 0 Å². The van der Waals surface area contributed by atoms with Crippen LogP contribution in [-0.4, -0.2) is 42.9 Å². The van der Waals surface area contributed by atoms with Crippen molar-refractivity contribution in [1.29, 1.82) is 0 Å². The van der Waals surface area contributed by atoms with Crippen LogP contribution in [0.5, 0.6) is 0 Å². The van der Waals surface area contributed by atoms with E-state index < -0.39 is 6.04 Å². The molecule has 2 rings (SSSR count). The summed E-state index contributed by atoms with van der Waals surface area (Å²) in [5.74, 6) is 0.0253. The summed E-state index contributed by atoms with van der Waals surface area (Å²) < 4.78 is 0. The van der Waals surface area contributed by atoms with Crippen LogP contribution in [0.2, 0.25) is 0 Å². The van der Waals surface area contributed by atoms with Gasteiger partial charge in [0.15, 0.2) is 0 Å². The number of nitrogens with zero attached hydrogens (tertiary/aromatic N) is 1. The molecule has 28 heavy (non-hydrogen) atoms. The van der Waals surface area contributed by atoms with E-state index in [2.05, 4.69) is 29.7 Å². The van der Waals surface area contributed by atoms with Crippen LogP contribution in [0, 0.1) is 13.8 Å². The molecule has 0 aliphatic carbocycles. The molecule has 5 heteroatoms. The van der Waals surface area contributed by atoms with Crippen LogP contribution in [0.1, 0.15) is 36.5 Å². The van der Waals surface area contributed by atoms with Crippen molar-refractivity contribution in [3.63, 3.8) is 0 Å². The fourth-order valence-corrected chi connectivity index (χ4v) is 3.06. The summed E-state index contributed by atoms with van der Waals surface area (Å²) in [7, 11) is 1.79. The lowest BCUT2D eigenvalue weighted by molar-refractivity contribution is -0.126. The molecule has 0 saturated heterocycles. The predicted molar refractivity (Wildman–Crippen MR) is 115 cm³/mol. The molecule has 0 aliphatic heterocycles. The fraction of sp³-hybridized carbons (Fsp3) is 0.391. The molecule has 2 N–H and O–H groups in total. The quantitative estimate of drug-likeness (QED) is 0.736. The molecule has 0 aliphatic rings. The summed E-state index contributed by atoms with van der Waals surface area (Å²) in [6.07, 6.45) is 0. The minimum absolute atomic E-state index is 0.0786. The summed E-state index contributed by atoms with van der Waals surface area (Å²) in [5, 5.41) is 5.95. The Morgan fingerprint density at radius 3 is 2.18 bits per heavy atom. The number of para-hydroxylation sites is 1. The van der Waals surface area contributed by atoms with Gasteiger partial charge in [-0.2, -0.15) is 0 Å². The zero-order chi connectivity index (χ0) is 20.7. The standard InChI is InChI=1S/C23H31N3O2/c1-16-10-9-11-17(2)22(16)25-21(27)15-26(5)19(4)23(28)24-14-18(3)20-12-7-6-8-13-20/h6-13,18-19H,14-15H2,1-5H3,(H,24,28)(H,25,27). The highest BCUT2D eigenvalue weighted by Crippen LogP contribution is 2.19. The lowest BCUT2D eigenvalue weighted by Gasteiger charge is -2.24. The number of benzene rings is 2. The lowest BCUT2D eigenvalue weighted by Crippen LogP contribution is -2.46. The highest BCUT2D eigenvalue weighted by atomic mass is 16.2. The molecule has 0 radical (unpaired) electrons. The highest BCUT2D eigenvalue weighted by molar-refractivity contribution is 5.94. The third-order valence-electron chi connectivity index (χ3n) is 5.13. The topological polar surface area (TPSA) is 61.4 Å². The third-order valence-corrected chi connectivity index (χ3v) is 5.13. The molecule has 0 fully saturated rings. The minimum Gasteiger partial charge on any atom is -0.354 e. The summed E-state index contributed by atoms with van der Waals surface area (Å²) in [6.45, 7) is 8.55. The lowest BCUT2D eigenvalue weighted by atomic mass is 10.0. The number of aryl methyl sites for hydroxylation is 2. The van der Waals surface area contributed by atoms with E-state index >= 15 is 0 Å². The molecule has 0 saturated carbocycles. The first-order chi connectivity index (χ1) is 13.3. The predicted octanol–water partition coefficient (Wildman–Crippen LogP) is 3.48.